The number of hydrogen-bond donors (Lipinski definition) is 2. The maximum atomic E-state index is 13.0. The molecule has 0 radical (unpaired) electrons. The molecule has 1 heterocycles. The number of urea groups is 1. The molecule has 2 aromatic rings. The molecule has 0 aromatic heterocycles. The van der Waals surface area contributed by atoms with Crippen LogP contribution in [0.2, 0.25) is 5.02 Å². The SMILES string of the molecule is CCN(CC(=O)NCc1ccc(Cl)cc1)C(=O)CN1C(=O)N[C@@](C)(c2ccccc2)C1=O. The monoisotopic (exact) mass is 456 g/mol. The minimum absolute atomic E-state index is 0.178. The third-order valence-corrected chi connectivity index (χ3v) is 5.64. The smallest absolute Gasteiger partial charge is 0.325 e. The van der Waals surface area contributed by atoms with Crippen LogP contribution in [0, 0.1) is 0 Å². The highest BCUT2D eigenvalue weighted by atomic mass is 35.5. The van der Waals surface area contributed by atoms with Crippen molar-refractivity contribution in [2.45, 2.75) is 25.9 Å². The number of carbonyl (C=O) groups excluding carboxylic acids is 4. The van der Waals surface area contributed by atoms with Crippen molar-refractivity contribution >= 4 is 35.4 Å². The van der Waals surface area contributed by atoms with E-state index in [0.717, 1.165) is 10.5 Å². The van der Waals surface area contributed by atoms with Crippen LogP contribution in [-0.2, 0) is 26.5 Å². The van der Waals surface area contributed by atoms with Crippen molar-refractivity contribution in [3.8, 4) is 0 Å². The van der Waals surface area contributed by atoms with Gasteiger partial charge in [-0.05, 0) is 37.1 Å². The summed E-state index contributed by atoms with van der Waals surface area (Å²) in [6.07, 6.45) is 0. The highest BCUT2D eigenvalue weighted by Crippen LogP contribution is 2.28. The molecule has 0 saturated carbocycles. The number of nitrogens with zero attached hydrogens (tertiary/aromatic N) is 2. The van der Waals surface area contributed by atoms with E-state index in [1.54, 1.807) is 62.4 Å². The lowest BCUT2D eigenvalue weighted by Gasteiger charge is -2.24. The van der Waals surface area contributed by atoms with Crippen molar-refractivity contribution in [3.05, 3.63) is 70.7 Å². The topological polar surface area (TPSA) is 98.8 Å². The first-order valence-electron chi connectivity index (χ1n) is 10.2. The Morgan fingerprint density at radius 3 is 2.38 bits per heavy atom. The van der Waals surface area contributed by atoms with Gasteiger partial charge in [0.1, 0.15) is 12.1 Å². The summed E-state index contributed by atoms with van der Waals surface area (Å²) in [4.78, 5) is 52.7. The van der Waals surface area contributed by atoms with E-state index in [1.165, 1.54) is 4.90 Å². The molecule has 1 aliphatic rings. The number of likely N-dealkylation sites (N-methyl/N-ethyl adjacent to an activating group) is 1. The fraction of sp³-hybridized carbons (Fsp3) is 0.304. The number of benzene rings is 2. The summed E-state index contributed by atoms with van der Waals surface area (Å²) in [6.45, 7) is 3.27. The first kappa shape index (κ1) is 23.3. The summed E-state index contributed by atoms with van der Waals surface area (Å²) in [7, 11) is 0. The molecule has 9 heteroatoms. The Bertz CT molecular complexity index is 1010. The van der Waals surface area contributed by atoms with Gasteiger partial charge in [0.05, 0.1) is 6.54 Å². The minimum Gasteiger partial charge on any atom is -0.350 e. The number of amides is 5. The number of hydrogen-bond acceptors (Lipinski definition) is 4. The van der Waals surface area contributed by atoms with Gasteiger partial charge in [0.2, 0.25) is 11.8 Å². The summed E-state index contributed by atoms with van der Waals surface area (Å²) in [6, 6.07) is 15.3. The largest absolute Gasteiger partial charge is 0.350 e. The summed E-state index contributed by atoms with van der Waals surface area (Å²) >= 11 is 5.85. The predicted octanol–water partition coefficient (Wildman–Crippen LogP) is 2.27. The fourth-order valence-corrected chi connectivity index (χ4v) is 3.58. The van der Waals surface area contributed by atoms with Crippen LogP contribution in [0.4, 0.5) is 4.79 Å². The molecule has 5 amide bonds. The van der Waals surface area contributed by atoms with Gasteiger partial charge in [0.25, 0.3) is 5.91 Å². The maximum absolute atomic E-state index is 13.0. The van der Waals surface area contributed by atoms with E-state index < -0.39 is 29.9 Å². The zero-order valence-electron chi connectivity index (χ0n) is 17.9. The first-order valence-corrected chi connectivity index (χ1v) is 10.6. The van der Waals surface area contributed by atoms with E-state index in [-0.39, 0.29) is 19.0 Å². The molecule has 1 saturated heterocycles. The molecule has 8 nitrogen and oxygen atoms in total. The molecule has 32 heavy (non-hydrogen) atoms. The van der Waals surface area contributed by atoms with Crippen LogP contribution in [0.3, 0.4) is 0 Å². The van der Waals surface area contributed by atoms with Gasteiger partial charge in [-0.2, -0.15) is 0 Å². The standard InChI is InChI=1S/C23H25ClN4O4/c1-3-27(14-19(29)25-13-16-9-11-18(24)12-10-16)20(30)15-28-21(31)23(2,26-22(28)32)17-7-5-4-6-8-17/h4-12H,3,13-15H2,1-2H3,(H,25,29)(H,26,32)/t23-/m0/s1. The molecular weight excluding hydrogens is 432 g/mol. The molecule has 3 rings (SSSR count). The van der Waals surface area contributed by atoms with Gasteiger partial charge < -0.3 is 15.5 Å². The van der Waals surface area contributed by atoms with Crippen LogP contribution in [-0.4, -0.2) is 53.2 Å². The Hall–Kier alpha value is -3.39. The summed E-state index contributed by atoms with van der Waals surface area (Å²) in [5.74, 6) is -1.35. The molecule has 168 valence electrons. The first-order chi connectivity index (χ1) is 15.2. The molecule has 2 aromatic carbocycles. The Kier molecular flexibility index (Phi) is 7.15. The predicted molar refractivity (Wildman–Crippen MR) is 120 cm³/mol. The molecule has 1 fully saturated rings. The Balaban J connectivity index is 1.59. The number of carbonyl (C=O) groups is 4. The molecule has 0 unspecified atom stereocenters. The zero-order valence-corrected chi connectivity index (χ0v) is 18.7. The van der Waals surface area contributed by atoms with Gasteiger partial charge in [0, 0.05) is 18.1 Å². The van der Waals surface area contributed by atoms with E-state index >= 15 is 0 Å². The lowest BCUT2D eigenvalue weighted by Crippen LogP contribution is -2.47. The zero-order chi connectivity index (χ0) is 23.3. The van der Waals surface area contributed by atoms with Gasteiger partial charge >= 0.3 is 6.03 Å². The number of imide groups is 1. The van der Waals surface area contributed by atoms with Crippen molar-refractivity contribution in [3.63, 3.8) is 0 Å². The van der Waals surface area contributed by atoms with Crippen LogP contribution in [0.25, 0.3) is 0 Å². The molecule has 0 aliphatic carbocycles. The van der Waals surface area contributed by atoms with Crippen LogP contribution in [0.1, 0.15) is 25.0 Å². The van der Waals surface area contributed by atoms with Crippen molar-refractivity contribution in [2.75, 3.05) is 19.6 Å². The van der Waals surface area contributed by atoms with E-state index in [2.05, 4.69) is 10.6 Å². The molecule has 2 N–H and O–H groups in total. The Labute approximate surface area is 191 Å². The van der Waals surface area contributed by atoms with E-state index in [9.17, 15) is 19.2 Å². The number of halogens is 1. The molecule has 0 bridgehead atoms. The second kappa shape index (κ2) is 9.82. The van der Waals surface area contributed by atoms with Crippen LogP contribution in [0.15, 0.2) is 54.6 Å². The molecule has 1 aliphatic heterocycles. The van der Waals surface area contributed by atoms with Crippen LogP contribution < -0.4 is 10.6 Å². The average molecular weight is 457 g/mol. The quantitative estimate of drug-likeness (QED) is 0.595. The van der Waals surface area contributed by atoms with Crippen molar-refractivity contribution < 1.29 is 19.2 Å². The van der Waals surface area contributed by atoms with Crippen LogP contribution in [0.5, 0.6) is 0 Å². The Morgan fingerprint density at radius 1 is 1.09 bits per heavy atom. The normalized spacial score (nSPS) is 17.8. The summed E-state index contributed by atoms with van der Waals surface area (Å²) in [5.41, 5.74) is 0.255. The second-order valence-corrected chi connectivity index (χ2v) is 8.06. The highest BCUT2D eigenvalue weighted by molar-refractivity contribution is 6.30. The van der Waals surface area contributed by atoms with Gasteiger partial charge in [-0.15, -0.1) is 0 Å². The minimum atomic E-state index is -1.24. The molecule has 0 spiro atoms. The average Bonchev–Trinajstić information content (AvgIpc) is 3.01. The Morgan fingerprint density at radius 2 is 1.75 bits per heavy atom. The molecule has 1 atom stereocenters. The van der Waals surface area contributed by atoms with Gasteiger partial charge in [0.15, 0.2) is 0 Å². The van der Waals surface area contributed by atoms with E-state index in [4.69, 9.17) is 11.6 Å². The second-order valence-electron chi connectivity index (χ2n) is 7.62. The van der Waals surface area contributed by atoms with Gasteiger partial charge in [-0.25, -0.2) is 4.79 Å². The van der Waals surface area contributed by atoms with Crippen molar-refractivity contribution in [1.29, 1.82) is 0 Å². The van der Waals surface area contributed by atoms with Gasteiger partial charge in [-0.1, -0.05) is 54.1 Å². The molecular formula is C23H25ClN4O4. The maximum Gasteiger partial charge on any atom is 0.325 e. The van der Waals surface area contributed by atoms with Crippen molar-refractivity contribution in [1.82, 2.24) is 20.4 Å². The summed E-state index contributed by atoms with van der Waals surface area (Å²) < 4.78 is 0. The third-order valence-electron chi connectivity index (χ3n) is 5.39. The van der Waals surface area contributed by atoms with E-state index in [0.29, 0.717) is 17.1 Å². The number of rotatable bonds is 8. The third kappa shape index (κ3) is 5.08. The van der Waals surface area contributed by atoms with Gasteiger partial charge in [-0.3, -0.25) is 19.3 Å². The van der Waals surface area contributed by atoms with Crippen molar-refractivity contribution in [2.24, 2.45) is 0 Å². The lowest BCUT2D eigenvalue weighted by atomic mass is 9.92. The lowest BCUT2D eigenvalue weighted by molar-refractivity contribution is -0.140. The number of nitrogens with one attached hydrogen (secondary N) is 2. The summed E-state index contributed by atoms with van der Waals surface area (Å²) in [5, 5.41) is 6.02. The van der Waals surface area contributed by atoms with Crippen LogP contribution >= 0.6 is 11.6 Å². The van der Waals surface area contributed by atoms with E-state index in [1.807, 2.05) is 6.07 Å². The fourth-order valence-electron chi connectivity index (χ4n) is 3.45. The highest BCUT2D eigenvalue weighted by Gasteiger charge is 2.49.